The van der Waals surface area contributed by atoms with Gasteiger partial charge in [0.25, 0.3) is 5.95 Å². The highest BCUT2D eigenvalue weighted by atomic mass is 16.5. The van der Waals surface area contributed by atoms with E-state index in [1.54, 1.807) is 24.3 Å². The Morgan fingerprint density at radius 2 is 2.03 bits per heavy atom. The summed E-state index contributed by atoms with van der Waals surface area (Å²) in [7, 11) is 0. The van der Waals surface area contributed by atoms with Crippen LogP contribution in [0.5, 0.6) is 11.5 Å². The van der Waals surface area contributed by atoms with Crippen LogP contribution in [0.3, 0.4) is 0 Å². The summed E-state index contributed by atoms with van der Waals surface area (Å²) >= 11 is 0. The molecule has 0 aliphatic rings. The number of ether oxygens (including phenoxy) is 2. The third-order valence-corrected chi connectivity index (χ3v) is 5.52. The van der Waals surface area contributed by atoms with Gasteiger partial charge in [-0.05, 0) is 47.9 Å². The number of nitrogens with one attached hydrogen (secondary N) is 3. The van der Waals surface area contributed by atoms with Crippen LogP contribution in [-0.2, 0) is 11.2 Å². The molecule has 13 nitrogen and oxygen atoms in total. The Labute approximate surface area is 222 Å². The molecule has 1 atom stereocenters. The van der Waals surface area contributed by atoms with Crippen molar-refractivity contribution in [1.82, 2.24) is 24.7 Å². The number of nitrogen functional groups attached to an aromatic ring is 1. The summed E-state index contributed by atoms with van der Waals surface area (Å²) in [5, 5.41) is 24.5. The molecule has 0 radical (unpaired) electrons. The first kappa shape index (κ1) is 26.6. The minimum atomic E-state index is -0.744. The lowest BCUT2D eigenvalue weighted by molar-refractivity contribution is -0.131. The van der Waals surface area contributed by atoms with Crippen molar-refractivity contribution >= 4 is 17.5 Å². The normalized spacial score (nSPS) is 11.3. The zero-order valence-electron chi connectivity index (χ0n) is 21.1. The van der Waals surface area contributed by atoms with E-state index in [9.17, 15) is 9.59 Å². The Morgan fingerprint density at radius 1 is 1.26 bits per heavy atom. The van der Waals surface area contributed by atoms with Gasteiger partial charge in [0.15, 0.2) is 12.4 Å². The molecule has 4 rings (SSSR count). The fraction of sp³-hybridized carbons (Fsp3) is 0.192. The number of nitrogens with zero attached hydrogens (tertiary/aromatic N) is 5. The first-order valence-corrected chi connectivity index (χ1v) is 11.8. The lowest BCUT2D eigenvalue weighted by Gasteiger charge is -2.21. The molecule has 0 spiro atoms. The van der Waals surface area contributed by atoms with Gasteiger partial charge in [0, 0.05) is 31.1 Å². The quantitative estimate of drug-likeness (QED) is 0.103. The number of aromatic nitrogens is 5. The second-order valence-electron chi connectivity index (χ2n) is 8.28. The summed E-state index contributed by atoms with van der Waals surface area (Å²) in [4.78, 5) is 35.5. The van der Waals surface area contributed by atoms with Gasteiger partial charge in [-0.25, -0.2) is 14.8 Å². The van der Waals surface area contributed by atoms with Crippen molar-refractivity contribution in [1.29, 1.82) is 10.7 Å². The molecule has 2 aromatic carbocycles. The largest absolute Gasteiger partial charge is 0.479 e. The number of nitriles is 1. The number of anilines is 1. The lowest BCUT2D eigenvalue weighted by atomic mass is 10.0. The number of aryl methyl sites for hydroxylation is 1. The standard InChI is InChI=1S/C26H25N9O4/c1-3-16-11-17(13-19(12-16)38-10-7-27)22(24-33-26(37)35(34-24)25-30-8-4-9-31-25)32-18-5-6-20(23(28)29)21(14-18)39-15(2)36/h4-6,8-9,11-14,22,32H,3,10H2,1-2H3,(H3,28,29)(H,33,34,37). The third-order valence-electron chi connectivity index (χ3n) is 5.52. The molecule has 0 bridgehead atoms. The van der Waals surface area contributed by atoms with Crippen molar-refractivity contribution in [3.63, 3.8) is 0 Å². The van der Waals surface area contributed by atoms with E-state index in [1.165, 1.54) is 25.4 Å². The van der Waals surface area contributed by atoms with E-state index >= 15 is 0 Å². The Bertz CT molecular complexity index is 1610. The van der Waals surface area contributed by atoms with Crippen LogP contribution in [-0.4, -0.2) is 43.1 Å². The second kappa shape index (κ2) is 11.7. The van der Waals surface area contributed by atoms with Crippen LogP contribution in [0.2, 0.25) is 0 Å². The summed E-state index contributed by atoms with van der Waals surface area (Å²) < 4.78 is 11.9. The van der Waals surface area contributed by atoms with E-state index < -0.39 is 17.7 Å². The van der Waals surface area contributed by atoms with Crippen LogP contribution in [0.15, 0.2) is 59.7 Å². The number of H-pyrrole nitrogens is 1. The highest BCUT2D eigenvalue weighted by Gasteiger charge is 2.23. The first-order chi connectivity index (χ1) is 18.8. The van der Waals surface area contributed by atoms with Crippen molar-refractivity contribution in [3.05, 3.63) is 87.9 Å². The van der Waals surface area contributed by atoms with Crippen LogP contribution in [0.25, 0.3) is 5.95 Å². The monoisotopic (exact) mass is 527 g/mol. The van der Waals surface area contributed by atoms with Gasteiger partial charge >= 0.3 is 11.7 Å². The molecule has 1 unspecified atom stereocenters. The van der Waals surface area contributed by atoms with Gasteiger partial charge in [0.2, 0.25) is 0 Å². The van der Waals surface area contributed by atoms with Crippen LogP contribution in [0.4, 0.5) is 5.69 Å². The van der Waals surface area contributed by atoms with Crippen molar-refractivity contribution in [2.45, 2.75) is 26.3 Å². The fourth-order valence-electron chi connectivity index (χ4n) is 3.81. The first-order valence-electron chi connectivity index (χ1n) is 11.8. The Morgan fingerprint density at radius 3 is 2.69 bits per heavy atom. The van der Waals surface area contributed by atoms with Crippen molar-refractivity contribution in [3.8, 4) is 23.5 Å². The highest BCUT2D eigenvalue weighted by molar-refractivity contribution is 5.98. The number of carbonyl (C=O) groups excluding carboxylic acids is 1. The molecule has 4 aromatic rings. The summed E-state index contributed by atoms with van der Waals surface area (Å²) in [5.74, 6) is 0.0418. The molecule has 2 aromatic heterocycles. The molecule has 0 fully saturated rings. The maximum absolute atomic E-state index is 12.8. The number of rotatable bonds is 10. The Kier molecular flexibility index (Phi) is 7.96. The van der Waals surface area contributed by atoms with Crippen molar-refractivity contribution in [2.24, 2.45) is 5.73 Å². The summed E-state index contributed by atoms with van der Waals surface area (Å²) in [6, 6.07) is 13.0. The van der Waals surface area contributed by atoms with Gasteiger partial charge in [0.05, 0.1) is 5.56 Å². The van der Waals surface area contributed by atoms with E-state index in [1.807, 2.05) is 25.1 Å². The molecule has 0 saturated carbocycles. The molecule has 0 aliphatic carbocycles. The number of amidine groups is 1. The topological polar surface area (TPSA) is 198 Å². The molecule has 39 heavy (non-hydrogen) atoms. The van der Waals surface area contributed by atoms with Crippen molar-refractivity contribution in [2.75, 3.05) is 11.9 Å². The Balaban J connectivity index is 1.84. The number of aromatic amines is 1. The molecule has 0 amide bonds. The van der Waals surface area contributed by atoms with Gasteiger partial charge < -0.3 is 20.5 Å². The van der Waals surface area contributed by atoms with E-state index in [0.29, 0.717) is 23.4 Å². The lowest BCUT2D eigenvalue weighted by Crippen LogP contribution is -2.18. The fourth-order valence-corrected chi connectivity index (χ4v) is 3.81. The van der Waals surface area contributed by atoms with Crippen LogP contribution in [0.1, 0.15) is 42.4 Å². The molecular weight excluding hydrogens is 502 g/mol. The summed E-state index contributed by atoms with van der Waals surface area (Å²) in [6.45, 7) is 3.08. The van der Waals surface area contributed by atoms with Crippen LogP contribution < -0.4 is 26.2 Å². The number of hydrogen-bond donors (Lipinski definition) is 4. The summed E-state index contributed by atoms with van der Waals surface area (Å²) in [5.41, 5.74) is 7.42. The molecule has 198 valence electrons. The van der Waals surface area contributed by atoms with E-state index in [0.717, 1.165) is 10.2 Å². The molecule has 13 heteroatoms. The number of carbonyl (C=O) groups is 1. The average Bonchev–Trinajstić information content (AvgIpc) is 3.31. The minimum Gasteiger partial charge on any atom is -0.479 e. The zero-order chi connectivity index (χ0) is 27.9. The van der Waals surface area contributed by atoms with E-state index in [2.05, 4.69) is 25.4 Å². The number of nitrogens with two attached hydrogens (primary N) is 1. The van der Waals surface area contributed by atoms with E-state index in [-0.39, 0.29) is 35.5 Å². The number of benzene rings is 2. The molecule has 0 saturated heterocycles. The predicted molar refractivity (Wildman–Crippen MR) is 141 cm³/mol. The zero-order valence-corrected chi connectivity index (χ0v) is 21.1. The molecule has 5 N–H and O–H groups in total. The maximum Gasteiger partial charge on any atom is 0.350 e. The Hall–Kier alpha value is -5.51. The van der Waals surface area contributed by atoms with Crippen LogP contribution >= 0.6 is 0 Å². The minimum absolute atomic E-state index is 0.0899. The SMILES string of the molecule is CCc1cc(OCC#N)cc(C(Nc2ccc(C(=N)N)c(OC(C)=O)c2)c2nn(-c3ncccn3)c(=O)[nH]2)c1. The average molecular weight is 528 g/mol. The van der Waals surface area contributed by atoms with Gasteiger partial charge in [0.1, 0.15) is 29.4 Å². The summed E-state index contributed by atoms with van der Waals surface area (Å²) in [6.07, 6.45) is 3.67. The molecule has 0 aliphatic heterocycles. The maximum atomic E-state index is 12.8. The second-order valence-corrected chi connectivity index (χ2v) is 8.28. The van der Waals surface area contributed by atoms with Gasteiger partial charge in [-0.3, -0.25) is 15.2 Å². The van der Waals surface area contributed by atoms with Gasteiger partial charge in [-0.1, -0.05) is 13.0 Å². The van der Waals surface area contributed by atoms with Crippen molar-refractivity contribution < 1.29 is 14.3 Å². The smallest absolute Gasteiger partial charge is 0.350 e. The molecular formula is C26H25N9O4. The van der Waals surface area contributed by atoms with Gasteiger partial charge in [-0.15, -0.1) is 9.78 Å². The predicted octanol–water partition coefficient (Wildman–Crippen LogP) is 2.23. The van der Waals surface area contributed by atoms with Gasteiger partial charge in [-0.2, -0.15) is 5.26 Å². The molecule has 2 heterocycles. The number of esters is 1. The number of hydrogen-bond acceptors (Lipinski definition) is 10. The highest BCUT2D eigenvalue weighted by Crippen LogP contribution is 2.31. The van der Waals surface area contributed by atoms with E-state index in [4.69, 9.17) is 25.9 Å². The third kappa shape index (κ3) is 6.25. The van der Waals surface area contributed by atoms with Crippen LogP contribution in [0, 0.1) is 16.7 Å².